The molecule has 0 amide bonds. The standard InChI is InChI=1S/C16H19ClN2O/c17-16-9-5-4-6-13(16)12-14(19-18)10-11-20-15-7-2-1-3-8-15/h1-9,14,19H,10-12,18H2. The van der Waals surface area contributed by atoms with Gasteiger partial charge in [0.15, 0.2) is 0 Å². The SMILES string of the molecule is NNC(CCOc1ccccc1)Cc1ccccc1Cl. The first-order chi connectivity index (χ1) is 9.79. The lowest BCUT2D eigenvalue weighted by Crippen LogP contribution is -2.38. The van der Waals surface area contributed by atoms with E-state index in [1.807, 2.05) is 54.6 Å². The van der Waals surface area contributed by atoms with Crippen molar-refractivity contribution in [1.82, 2.24) is 5.43 Å². The molecule has 0 aliphatic rings. The zero-order chi connectivity index (χ0) is 14.2. The number of hydrazine groups is 1. The Balaban J connectivity index is 1.82. The highest BCUT2D eigenvalue weighted by atomic mass is 35.5. The highest BCUT2D eigenvalue weighted by Gasteiger charge is 2.10. The first kappa shape index (κ1) is 14.9. The molecule has 1 unspecified atom stereocenters. The monoisotopic (exact) mass is 290 g/mol. The summed E-state index contributed by atoms with van der Waals surface area (Å²) < 4.78 is 5.68. The number of hydrogen-bond donors (Lipinski definition) is 2. The van der Waals surface area contributed by atoms with Crippen LogP contribution in [0.2, 0.25) is 5.02 Å². The maximum Gasteiger partial charge on any atom is 0.119 e. The summed E-state index contributed by atoms with van der Waals surface area (Å²) in [5, 5.41) is 0.775. The van der Waals surface area contributed by atoms with Crippen LogP contribution in [0.15, 0.2) is 54.6 Å². The largest absolute Gasteiger partial charge is 0.494 e. The van der Waals surface area contributed by atoms with E-state index >= 15 is 0 Å². The molecule has 0 saturated heterocycles. The summed E-state index contributed by atoms with van der Waals surface area (Å²) in [6.07, 6.45) is 1.60. The van der Waals surface area contributed by atoms with Crippen LogP contribution in [-0.4, -0.2) is 12.6 Å². The Morgan fingerprint density at radius 3 is 2.45 bits per heavy atom. The van der Waals surface area contributed by atoms with Gasteiger partial charge in [0, 0.05) is 11.1 Å². The second-order valence-electron chi connectivity index (χ2n) is 4.61. The molecule has 0 aliphatic carbocycles. The second kappa shape index (κ2) is 7.90. The molecule has 0 bridgehead atoms. The second-order valence-corrected chi connectivity index (χ2v) is 5.02. The van der Waals surface area contributed by atoms with Gasteiger partial charge in [0.1, 0.15) is 5.75 Å². The van der Waals surface area contributed by atoms with Gasteiger partial charge in [-0.1, -0.05) is 48.0 Å². The number of nitrogens with one attached hydrogen (secondary N) is 1. The molecule has 20 heavy (non-hydrogen) atoms. The summed E-state index contributed by atoms with van der Waals surface area (Å²) >= 11 is 6.16. The Bertz CT molecular complexity index is 519. The molecule has 0 heterocycles. The molecule has 2 aromatic rings. The Labute approximate surface area is 124 Å². The van der Waals surface area contributed by atoms with Gasteiger partial charge in [0.25, 0.3) is 0 Å². The van der Waals surface area contributed by atoms with Crippen LogP contribution in [0.3, 0.4) is 0 Å². The third kappa shape index (κ3) is 4.53. The molecule has 0 saturated carbocycles. The zero-order valence-corrected chi connectivity index (χ0v) is 12.0. The third-order valence-corrected chi connectivity index (χ3v) is 3.51. The highest BCUT2D eigenvalue weighted by Crippen LogP contribution is 2.17. The van der Waals surface area contributed by atoms with Crippen molar-refractivity contribution in [3.63, 3.8) is 0 Å². The Hall–Kier alpha value is -1.55. The number of hydrogen-bond acceptors (Lipinski definition) is 3. The van der Waals surface area contributed by atoms with Crippen LogP contribution in [0.25, 0.3) is 0 Å². The average Bonchev–Trinajstić information content (AvgIpc) is 2.49. The van der Waals surface area contributed by atoms with Gasteiger partial charge < -0.3 is 4.74 Å². The summed E-state index contributed by atoms with van der Waals surface area (Å²) in [5.41, 5.74) is 3.92. The molecule has 2 aromatic carbocycles. The molecule has 106 valence electrons. The fourth-order valence-electron chi connectivity index (χ4n) is 2.01. The van der Waals surface area contributed by atoms with Crippen molar-refractivity contribution in [2.75, 3.05) is 6.61 Å². The molecule has 3 nitrogen and oxygen atoms in total. The summed E-state index contributed by atoms with van der Waals surface area (Å²) in [4.78, 5) is 0. The number of nitrogens with two attached hydrogens (primary N) is 1. The molecule has 2 rings (SSSR count). The number of ether oxygens (including phenoxy) is 1. The molecule has 4 heteroatoms. The summed E-state index contributed by atoms with van der Waals surface area (Å²) in [7, 11) is 0. The molecule has 0 radical (unpaired) electrons. The Morgan fingerprint density at radius 1 is 1.05 bits per heavy atom. The average molecular weight is 291 g/mol. The molecule has 0 aliphatic heterocycles. The Morgan fingerprint density at radius 2 is 1.75 bits per heavy atom. The molecule has 0 fully saturated rings. The van der Waals surface area contributed by atoms with Crippen LogP contribution in [0, 0.1) is 0 Å². The van der Waals surface area contributed by atoms with Crippen molar-refractivity contribution in [2.45, 2.75) is 18.9 Å². The first-order valence-corrected chi connectivity index (χ1v) is 7.05. The van der Waals surface area contributed by atoms with E-state index in [0.29, 0.717) is 6.61 Å². The number of benzene rings is 2. The molecular formula is C16H19ClN2O. The number of rotatable bonds is 7. The maximum absolute atomic E-state index is 6.16. The molecular weight excluding hydrogens is 272 g/mol. The van der Waals surface area contributed by atoms with Crippen molar-refractivity contribution >= 4 is 11.6 Å². The van der Waals surface area contributed by atoms with Gasteiger partial charge in [-0.25, -0.2) is 0 Å². The maximum atomic E-state index is 6.16. The van der Waals surface area contributed by atoms with E-state index in [-0.39, 0.29) is 6.04 Å². The number of para-hydroxylation sites is 1. The van der Waals surface area contributed by atoms with Gasteiger partial charge >= 0.3 is 0 Å². The van der Waals surface area contributed by atoms with E-state index < -0.39 is 0 Å². The van der Waals surface area contributed by atoms with E-state index in [1.165, 1.54) is 0 Å². The quantitative estimate of drug-likeness (QED) is 0.608. The Kier molecular flexibility index (Phi) is 5.87. The topological polar surface area (TPSA) is 47.3 Å². The molecule has 0 aromatic heterocycles. The van der Waals surface area contributed by atoms with Gasteiger partial charge in [0.2, 0.25) is 0 Å². The molecule has 1 atom stereocenters. The van der Waals surface area contributed by atoms with Crippen LogP contribution < -0.4 is 16.0 Å². The van der Waals surface area contributed by atoms with Gasteiger partial charge in [-0.3, -0.25) is 11.3 Å². The van der Waals surface area contributed by atoms with Gasteiger partial charge in [-0.15, -0.1) is 0 Å². The first-order valence-electron chi connectivity index (χ1n) is 6.67. The minimum absolute atomic E-state index is 0.138. The number of halogens is 1. The summed E-state index contributed by atoms with van der Waals surface area (Å²) in [5.74, 6) is 6.48. The van der Waals surface area contributed by atoms with Gasteiger partial charge in [-0.05, 0) is 36.6 Å². The predicted octanol–water partition coefficient (Wildman–Crippen LogP) is 3.18. The zero-order valence-electron chi connectivity index (χ0n) is 11.3. The van der Waals surface area contributed by atoms with E-state index in [9.17, 15) is 0 Å². The minimum Gasteiger partial charge on any atom is -0.494 e. The third-order valence-electron chi connectivity index (χ3n) is 3.14. The lowest BCUT2D eigenvalue weighted by atomic mass is 10.0. The van der Waals surface area contributed by atoms with Crippen molar-refractivity contribution in [1.29, 1.82) is 0 Å². The minimum atomic E-state index is 0.138. The van der Waals surface area contributed by atoms with Crippen LogP contribution in [0.5, 0.6) is 5.75 Å². The smallest absolute Gasteiger partial charge is 0.119 e. The van der Waals surface area contributed by atoms with Crippen LogP contribution >= 0.6 is 11.6 Å². The highest BCUT2D eigenvalue weighted by molar-refractivity contribution is 6.31. The van der Waals surface area contributed by atoms with E-state index in [1.54, 1.807) is 0 Å². The lowest BCUT2D eigenvalue weighted by molar-refractivity contribution is 0.285. The van der Waals surface area contributed by atoms with E-state index in [2.05, 4.69) is 5.43 Å². The normalized spacial score (nSPS) is 12.1. The summed E-state index contributed by atoms with van der Waals surface area (Å²) in [6, 6.07) is 17.7. The van der Waals surface area contributed by atoms with Crippen molar-refractivity contribution < 1.29 is 4.74 Å². The van der Waals surface area contributed by atoms with Crippen LogP contribution in [0.4, 0.5) is 0 Å². The summed E-state index contributed by atoms with van der Waals surface area (Å²) in [6.45, 7) is 0.614. The molecule has 3 N–H and O–H groups in total. The fourth-order valence-corrected chi connectivity index (χ4v) is 2.22. The van der Waals surface area contributed by atoms with Crippen molar-refractivity contribution in [3.05, 3.63) is 65.2 Å². The van der Waals surface area contributed by atoms with Crippen LogP contribution in [-0.2, 0) is 6.42 Å². The van der Waals surface area contributed by atoms with E-state index in [4.69, 9.17) is 22.2 Å². The van der Waals surface area contributed by atoms with Gasteiger partial charge in [0.05, 0.1) is 6.61 Å². The van der Waals surface area contributed by atoms with Gasteiger partial charge in [-0.2, -0.15) is 0 Å². The molecule has 0 spiro atoms. The van der Waals surface area contributed by atoms with Crippen molar-refractivity contribution in [2.24, 2.45) is 5.84 Å². The fraction of sp³-hybridized carbons (Fsp3) is 0.250. The van der Waals surface area contributed by atoms with E-state index in [0.717, 1.165) is 29.2 Å². The van der Waals surface area contributed by atoms with Crippen molar-refractivity contribution in [3.8, 4) is 5.75 Å². The van der Waals surface area contributed by atoms with Crippen LogP contribution in [0.1, 0.15) is 12.0 Å². The predicted molar refractivity (Wildman–Crippen MR) is 82.8 cm³/mol. The lowest BCUT2D eigenvalue weighted by Gasteiger charge is -2.17.